The summed E-state index contributed by atoms with van der Waals surface area (Å²) >= 11 is 0. The molecule has 0 aliphatic carbocycles. The summed E-state index contributed by atoms with van der Waals surface area (Å²) < 4.78 is 43.5. The van der Waals surface area contributed by atoms with E-state index in [1.807, 2.05) is 6.08 Å². The molecular formula is C18H21F3N2O2. The Morgan fingerprint density at radius 1 is 1.32 bits per heavy atom. The standard InChI is InChI=1S/C18H21F3N2O2/c1-12-9-14(11-22-15(12)18(19,20)21)10-13-5-7-23(8-6-13)16(24)25-17(2,3)4/h5-7,9,11H,8,10H2,1-4H3. The van der Waals surface area contributed by atoms with Gasteiger partial charge in [0, 0.05) is 18.9 Å². The first-order valence-electron chi connectivity index (χ1n) is 7.85. The summed E-state index contributed by atoms with van der Waals surface area (Å²) in [4.78, 5) is 16.9. The van der Waals surface area contributed by atoms with Gasteiger partial charge in [-0.1, -0.05) is 12.1 Å². The lowest BCUT2D eigenvalue weighted by Crippen LogP contribution is -2.34. The summed E-state index contributed by atoms with van der Waals surface area (Å²) in [5, 5.41) is 0. The third-order valence-electron chi connectivity index (χ3n) is 3.46. The number of aryl methyl sites for hydroxylation is 1. The van der Waals surface area contributed by atoms with Crippen LogP contribution >= 0.6 is 0 Å². The summed E-state index contributed by atoms with van der Waals surface area (Å²) in [6.45, 7) is 7.13. The quantitative estimate of drug-likeness (QED) is 0.777. The predicted octanol–water partition coefficient (Wildman–Crippen LogP) is 4.64. The van der Waals surface area contributed by atoms with Gasteiger partial charge in [0.25, 0.3) is 0 Å². The molecule has 0 bridgehead atoms. The van der Waals surface area contributed by atoms with Crippen LogP contribution in [0.3, 0.4) is 0 Å². The fourth-order valence-electron chi connectivity index (χ4n) is 2.38. The molecule has 2 heterocycles. The van der Waals surface area contributed by atoms with Gasteiger partial charge in [-0.05, 0) is 56.9 Å². The minimum atomic E-state index is -4.44. The number of aromatic nitrogens is 1. The fourth-order valence-corrected chi connectivity index (χ4v) is 2.38. The summed E-state index contributed by atoms with van der Waals surface area (Å²) in [5.74, 6) is 0. The van der Waals surface area contributed by atoms with E-state index in [0.717, 1.165) is 5.57 Å². The second kappa shape index (κ2) is 6.90. The Balaban J connectivity index is 2.01. The summed E-state index contributed by atoms with van der Waals surface area (Å²) in [7, 11) is 0. The number of amides is 1. The van der Waals surface area contributed by atoms with Gasteiger partial charge in [-0.15, -0.1) is 0 Å². The van der Waals surface area contributed by atoms with E-state index in [0.29, 0.717) is 18.5 Å². The number of carbonyl (C=O) groups is 1. The van der Waals surface area contributed by atoms with Gasteiger partial charge < -0.3 is 4.74 Å². The van der Waals surface area contributed by atoms with E-state index in [4.69, 9.17) is 4.74 Å². The van der Waals surface area contributed by atoms with Crippen molar-refractivity contribution in [1.29, 1.82) is 0 Å². The second-order valence-electron chi connectivity index (χ2n) is 6.91. The predicted molar refractivity (Wildman–Crippen MR) is 87.8 cm³/mol. The number of nitrogens with zero attached hydrogens (tertiary/aromatic N) is 2. The minimum absolute atomic E-state index is 0.0979. The van der Waals surface area contributed by atoms with Crippen molar-refractivity contribution in [3.05, 3.63) is 53.0 Å². The molecule has 136 valence electrons. The number of allylic oxidation sites excluding steroid dienone is 2. The summed E-state index contributed by atoms with van der Waals surface area (Å²) in [6.07, 6.45) is 2.02. The lowest BCUT2D eigenvalue weighted by molar-refractivity contribution is -0.141. The van der Waals surface area contributed by atoms with Crippen LogP contribution in [-0.2, 0) is 17.3 Å². The molecule has 0 fully saturated rings. The van der Waals surface area contributed by atoms with Crippen molar-refractivity contribution in [3.8, 4) is 0 Å². The van der Waals surface area contributed by atoms with Crippen molar-refractivity contribution >= 4 is 6.09 Å². The Morgan fingerprint density at radius 2 is 2.00 bits per heavy atom. The van der Waals surface area contributed by atoms with Crippen LogP contribution in [0.1, 0.15) is 37.6 Å². The first-order valence-corrected chi connectivity index (χ1v) is 7.85. The molecule has 1 aliphatic rings. The lowest BCUT2D eigenvalue weighted by atomic mass is 10.0. The van der Waals surface area contributed by atoms with Crippen LogP contribution in [0, 0.1) is 6.92 Å². The van der Waals surface area contributed by atoms with Crippen LogP contribution in [0.5, 0.6) is 0 Å². The van der Waals surface area contributed by atoms with Gasteiger partial charge in [-0.3, -0.25) is 9.88 Å². The Morgan fingerprint density at radius 3 is 2.48 bits per heavy atom. The minimum Gasteiger partial charge on any atom is -0.443 e. The van der Waals surface area contributed by atoms with Crippen molar-refractivity contribution in [2.24, 2.45) is 0 Å². The molecule has 7 heteroatoms. The van der Waals surface area contributed by atoms with Gasteiger partial charge in [-0.25, -0.2) is 4.79 Å². The number of rotatable bonds is 2. The maximum absolute atomic E-state index is 12.7. The number of carbonyl (C=O) groups excluding carboxylic acids is 1. The summed E-state index contributed by atoms with van der Waals surface area (Å²) in [6, 6.07) is 1.49. The first kappa shape index (κ1) is 19.0. The van der Waals surface area contributed by atoms with Gasteiger partial charge in [0.15, 0.2) is 0 Å². The molecule has 4 nitrogen and oxygen atoms in total. The Labute approximate surface area is 145 Å². The molecule has 2 rings (SSSR count). The van der Waals surface area contributed by atoms with Crippen molar-refractivity contribution < 1.29 is 22.7 Å². The average Bonchev–Trinajstić information content (AvgIpc) is 2.44. The Bertz CT molecular complexity index is 716. The molecule has 0 unspecified atom stereocenters. The molecule has 0 spiro atoms. The van der Waals surface area contributed by atoms with Crippen molar-refractivity contribution in [3.63, 3.8) is 0 Å². The topological polar surface area (TPSA) is 42.4 Å². The van der Waals surface area contributed by atoms with E-state index in [1.165, 1.54) is 24.1 Å². The highest BCUT2D eigenvalue weighted by molar-refractivity contribution is 5.70. The number of alkyl halides is 3. The molecule has 0 saturated heterocycles. The zero-order valence-corrected chi connectivity index (χ0v) is 14.6. The monoisotopic (exact) mass is 354 g/mol. The third kappa shape index (κ3) is 5.34. The highest BCUT2D eigenvalue weighted by Gasteiger charge is 2.34. The average molecular weight is 354 g/mol. The van der Waals surface area contributed by atoms with Crippen LogP contribution in [0.25, 0.3) is 0 Å². The number of hydrogen-bond acceptors (Lipinski definition) is 3. The number of hydrogen-bond donors (Lipinski definition) is 0. The lowest BCUT2D eigenvalue weighted by Gasteiger charge is -2.26. The highest BCUT2D eigenvalue weighted by atomic mass is 19.4. The number of ether oxygens (including phenoxy) is 1. The fraction of sp³-hybridized carbons (Fsp3) is 0.444. The third-order valence-corrected chi connectivity index (χ3v) is 3.46. The van der Waals surface area contributed by atoms with Crippen LogP contribution in [0.4, 0.5) is 18.0 Å². The highest BCUT2D eigenvalue weighted by Crippen LogP contribution is 2.30. The zero-order valence-electron chi connectivity index (χ0n) is 14.6. The van der Waals surface area contributed by atoms with E-state index in [1.54, 1.807) is 33.0 Å². The summed E-state index contributed by atoms with van der Waals surface area (Å²) in [5.41, 5.74) is 0.257. The molecule has 0 N–H and O–H groups in total. The maximum atomic E-state index is 12.7. The van der Waals surface area contributed by atoms with Gasteiger partial charge >= 0.3 is 12.3 Å². The first-order chi connectivity index (χ1) is 11.5. The molecule has 0 radical (unpaired) electrons. The molecule has 1 aromatic heterocycles. The van der Waals surface area contributed by atoms with Gasteiger partial charge in [0.2, 0.25) is 0 Å². The van der Waals surface area contributed by atoms with E-state index in [-0.39, 0.29) is 5.56 Å². The molecule has 1 aliphatic heterocycles. The molecule has 25 heavy (non-hydrogen) atoms. The van der Waals surface area contributed by atoms with Gasteiger partial charge in [-0.2, -0.15) is 13.2 Å². The number of halogens is 3. The van der Waals surface area contributed by atoms with Crippen LogP contribution in [0.2, 0.25) is 0 Å². The second-order valence-corrected chi connectivity index (χ2v) is 6.91. The smallest absolute Gasteiger partial charge is 0.433 e. The Hall–Kier alpha value is -2.31. The van der Waals surface area contributed by atoms with E-state index < -0.39 is 23.6 Å². The van der Waals surface area contributed by atoms with E-state index >= 15 is 0 Å². The van der Waals surface area contributed by atoms with Crippen LogP contribution in [-0.4, -0.2) is 28.1 Å². The van der Waals surface area contributed by atoms with Crippen LogP contribution < -0.4 is 0 Å². The van der Waals surface area contributed by atoms with Gasteiger partial charge in [0.05, 0.1) is 0 Å². The molecule has 1 amide bonds. The van der Waals surface area contributed by atoms with Gasteiger partial charge in [0.1, 0.15) is 11.3 Å². The molecule has 0 atom stereocenters. The molecule has 1 aromatic rings. The van der Waals surface area contributed by atoms with Crippen molar-refractivity contribution in [2.75, 3.05) is 6.54 Å². The van der Waals surface area contributed by atoms with Crippen molar-refractivity contribution in [2.45, 2.75) is 45.9 Å². The normalized spacial score (nSPS) is 15.2. The van der Waals surface area contributed by atoms with Crippen molar-refractivity contribution in [1.82, 2.24) is 9.88 Å². The largest absolute Gasteiger partial charge is 0.443 e. The van der Waals surface area contributed by atoms with Crippen LogP contribution in [0.15, 0.2) is 36.2 Å². The maximum Gasteiger partial charge on any atom is 0.433 e. The van der Waals surface area contributed by atoms with E-state index in [2.05, 4.69) is 4.98 Å². The molecular weight excluding hydrogens is 333 g/mol. The molecule has 0 saturated carbocycles. The molecule has 0 aromatic carbocycles. The van der Waals surface area contributed by atoms with E-state index in [9.17, 15) is 18.0 Å². The number of pyridine rings is 1. The zero-order chi connectivity index (χ0) is 18.8. The SMILES string of the molecule is Cc1cc(CC2=CCN(C(=O)OC(C)(C)C)C=C2)cnc1C(F)(F)F. The Kier molecular flexibility index (Phi) is 5.25.